The molecule has 0 heteroatoms. The van der Waals surface area contributed by atoms with E-state index in [9.17, 15) is 0 Å². The Bertz CT molecular complexity index is 261. The minimum absolute atomic E-state index is 0.831. The molecule has 0 radical (unpaired) electrons. The first-order valence-electron chi connectivity index (χ1n) is 5.15. The van der Waals surface area contributed by atoms with Crippen LogP contribution in [0.1, 0.15) is 13.8 Å². The van der Waals surface area contributed by atoms with Crippen molar-refractivity contribution in [2.45, 2.75) is 13.8 Å². The van der Waals surface area contributed by atoms with Crippen LogP contribution in [0.15, 0.2) is 24.3 Å². The fourth-order valence-electron chi connectivity index (χ4n) is 3.72. The Morgan fingerprint density at radius 1 is 0.750 bits per heavy atom. The highest BCUT2D eigenvalue weighted by Crippen LogP contribution is 2.57. The van der Waals surface area contributed by atoms with Gasteiger partial charge in [0, 0.05) is 0 Å². The van der Waals surface area contributed by atoms with Crippen LogP contribution in [-0.4, -0.2) is 0 Å². The molecule has 0 aromatic carbocycles. The smallest absolute Gasteiger partial charge is 0.0128 e. The second-order valence-electron chi connectivity index (χ2n) is 4.80. The van der Waals surface area contributed by atoms with Crippen molar-refractivity contribution in [3.63, 3.8) is 0 Å². The molecule has 6 unspecified atom stereocenters. The SMILES string of the molecule is CC1C=CC2C3C=CC(C3C)C12. The van der Waals surface area contributed by atoms with Gasteiger partial charge in [-0.3, -0.25) is 0 Å². The van der Waals surface area contributed by atoms with Crippen LogP contribution in [0.2, 0.25) is 0 Å². The highest BCUT2D eigenvalue weighted by Gasteiger charge is 2.51. The van der Waals surface area contributed by atoms with Crippen LogP contribution in [0.25, 0.3) is 0 Å². The van der Waals surface area contributed by atoms with Gasteiger partial charge in [-0.05, 0) is 35.5 Å². The fourth-order valence-corrected chi connectivity index (χ4v) is 3.72. The summed E-state index contributed by atoms with van der Waals surface area (Å²) in [5, 5.41) is 0. The Labute approximate surface area is 74.4 Å². The lowest BCUT2D eigenvalue weighted by Gasteiger charge is -2.23. The minimum atomic E-state index is 0.831. The number of fused-ring (bicyclic) bond motifs is 5. The molecule has 0 nitrogen and oxygen atoms in total. The molecule has 0 spiro atoms. The van der Waals surface area contributed by atoms with E-state index in [1.54, 1.807) is 0 Å². The molecule has 3 rings (SSSR count). The first-order valence-corrected chi connectivity index (χ1v) is 5.15. The highest BCUT2D eigenvalue weighted by molar-refractivity contribution is 5.25. The Morgan fingerprint density at radius 2 is 1.42 bits per heavy atom. The van der Waals surface area contributed by atoms with Crippen molar-refractivity contribution >= 4 is 0 Å². The van der Waals surface area contributed by atoms with Gasteiger partial charge in [0.2, 0.25) is 0 Å². The van der Waals surface area contributed by atoms with Crippen LogP contribution in [0.5, 0.6) is 0 Å². The second-order valence-corrected chi connectivity index (χ2v) is 4.80. The zero-order valence-electron chi connectivity index (χ0n) is 7.77. The lowest BCUT2D eigenvalue weighted by atomic mass is 9.81. The molecular formula is C12H16. The molecule has 0 aliphatic heterocycles. The Morgan fingerprint density at radius 3 is 2.17 bits per heavy atom. The predicted molar refractivity (Wildman–Crippen MR) is 50.6 cm³/mol. The van der Waals surface area contributed by atoms with E-state index in [0.29, 0.717) is 0 Å². The summed E-state index contributed by atoms with van der Waals surface area (Å²) in [4.78, 5) is 0. The molecule has 3 aliphatic carbocycles. The number of rotatable bonds is 0. The molecule has 1 fully saturated rings. The van der Waals surface area contributed by atoms with Gasteiger partial charge in [0.25, 0.3) is 0 Å². The average Bonchev–Trinajstić information content (AvgIpc) is 2.66. The summed E-state index contributed by atoms with van der Waals surface area (Å²) < 4.78 is 0. The summed E-state index contributed by atoms with van der Waals surface area (Å²) in [6.45, 7) is 4.80. The fraction of sp³-hybridized carbons (Fsp3) is 0.667. The molecule has 0 amide bonds. The highest BCUT2D eigenvalue weighted by atomic mass is 14.6. The van der Waals surface area contributed by atoms with Crippen LogP contribution in [0.3, 0.4) is 0 Å². The van der Waals surface area contributed by atoms with Crippen molar-refractivity contribution in [2.24, 2.45) is 35.5 Å². The van der Waals surface area contributed by atoms with Crippen molar-refractivity contribution in [3.05, 3.63) is 24.3 Å². The Balaban J connectivity index is 2.03. The average molecular weight is 160 g/mol. The third kappa shape index (κ3) is 0.608. The van der Waals surface area contributed by atoms with Gasteiger partial charge < -0.3 is 0 Å². The summed E-state index contributed by atoms with van der Waals surface area (Å²) >= 11 is 0. The molecule has 0 aromatic heterocycles. The first kappa shape index (κ1) is 6.94. The lowest BCUT2D eigenvalue weighted by Crippen LogP contribution is -2.18. The molecule has 0 saturated heterocycles. The van der Waals surface area contributed by atoms with Crippen molar-refractivity contribution < 1.29 is 0 Å². The van der Waals surface area contributed by atoms with Gasteiger partial charge in [-0.25, -0.2) is 0 Å². The molecule has 12 heavy (non-hydrogen) atoms. The van der Waals surface area contributed by atoms with Gasteiger partial charge in [0.05, 0.1) is 0 Å². The van der Waals surface area contributed by atoms with Crippen LogP contribution >= 0.6 is 0 Å². The molecule has 0 aromatic rings. The van der Waals surface area contributed by atoms with Crippen LogP contribution < -0.4 is 0 Å². The number of hydrogen-bond acceptors (Lipinski definition) is 0. The second kappa shape index (κ2) is 2.04. The van der Waals surface area contributed by atoms with Crippen LogP contribution in [0, 0.1) is 35.5 Å². The Hall–Kier alpha value is -0.520. The molecule has 6 atom stereocenters. The number of hydrogen-bond donors (Lipinski definition) is 0. The van der Waals surface area contributed by atoms with Crippen molar-refractivity contribution in [1.82, 2.24) is 0 Å². The van der Waals surface area contributed by atoms with E-state index in [2.05, 4.69) is 38.2 Å². The standard InChI is InChI=1S/C12H16/c1-7-3-4-11-9-5-6-10(8(9)2)12(7)11/h3-12H,1-2H3. The topological polar surface area (TPSA) is 0 Å². The van der Waals surface area contributed by atoms with Gasteiger partial charge >= 0.3 is 0 Å². The normalized spacial score (nSPS) is 59.8. The first-order chi connectivity index (χ1) is 5.79. The van der Waals surface area contributed by atoms with E-state index in [0.717, 1.165) is 35.5 Å². The maximum absolute atomic E-state index is 2.47. The van der Waals surface area contributed by atoms with Crippen LogP contribution in [0.4, 0.5) is 0 Å². The Kier molecular flexibility index (Phi) is 1.18. The maximum atomic E-state index is 2.47. The zero-order chi connectivity index (χ0) is 8.29. The van der Waals surface area contributed by atoms with Gasteiger partial charge in [-0.1, -0.05) is 38.2 Å². The molecule has 3 aliphatic rings. The third-order valence-corrected chi connectivity index (χ3v) is 4.35. The molecular weight excluding hydrogens is 144 g/mol. The van der Waals surface area contributed by atoms with E-state index in [4.69, 9.17) is 0 Å². The van der Waals surface area contributed by atoms with E-state index in [1.165, 1.54) is 0 Å². The van der Waals surface area contributed by atoms with E-state index < -0.39 is 0 Å². The molecule has 0 heterocycles. The van der Waals surface area contributed by atoms with Gasteiger partial charge in [-0.15, -0.1) is 0 Å². The molecule has 2 bridgehead atoms. The quantitative estimate of drug-likeness (QED) is 0.478. The van der Waals surface area contributed by atoms with Gasteiger partial charge in [0.15, 0.2) is 0 Å². The van der Waals surface area contributed by atoms with Crippen molar-refractivity contribution in [1.29, 1.82) is 0 Å². The molecule has 64 valence electrons. The zero-order valence-corrected chi connectivity index (χ0v) is 7.77. The summed E-state index contributed by atoms with van der Waals surface area (Å²) in [6, 6.07) is 0. The maximum Gasteiger partial charge on any atom is -0.0128 e. The van der Waals surface area contributed by atoms with Crippen molar-refractivity contribution in [2.75, 3.05) is 0 Å². The van der Waals surface area contributed by atoms with Gasteiger partial charge in [0.1, 0.15) is 0 Å². The van der Waals surface area contributed by atoms with E-state index >= 15 is 0 Å². The summed E-state index contributed by atoms with van der Waals surface area (Å²) in [7, 11) is 0. The lowest BCUT2D eigenvalue weighted by molar-refractivity contribution is 0.318. The molecule has 0 N–H and O–H groups in total. The summed E-state index contributed by atoms with van der Waals surface area (Å²) in [5.41, 5.74) is 0. The van der Waals surface area contributed by atoms with Gasteiger partial charge in [-0.2, -0.15) is 0 Å². The third-order valence-electron chi connectivity index (χ3n) is 4.35. The number of allylic oxidation sites excluding steroid dienone is 4. The van der Waals surface area contributed by atoms with E-state index in [-0.39, 0.29) is 0 Å². The van der Waals surface area contributed by atoms with E-state index in [1.807, 2.05) is 0 Å². The predicted octanol–water partition coefficient (Wildman–Crippen LogP) is 2.88. The largest absolute Gasteiger partial charge is 0.0851 e. The van der Waals surface area contributed by atoms with Crippen molar-refractivity contribution in [3.8, 4) is 0 Å². The summed E-state index contributed by atoms with van der Waals surface area (Å²) in [5.74, 6) is 5.37. The molecule has 1 saturated carbocycles. The minimum Gasteiger partial charge on any atom is -0.0851 e. The summed E-state index contributed by atoms with van der Waals surface area (Å²) in [6.07, 6.45) is 9.83. The monoisotopic (exact) mass is 160 g/mol. The van der Waals surface area contributed by atoms with Crippen LogP contribution in [-0.2, 0) is 0 Å².